The summed E-state index contributed by atoms with van der Waals surface area (Å²) >= 11 is 3.54. The van der Waals surface area contributed by atoms with Crippen LogP contribution in [-0.2, 0) is 107 Å². The minimum absolute atomic E-state index is 0.00960. The standard InChI is InChI=1S/C57H77N6O16P3S2.C21H34N5O15P3S2.CH5NS/c1-11-61-44-25-23-38(2)31-42(44)56(6,7)48(61)21-15-12-16-22-49-57(8,9)43-32-39(3)24-26-45(43)62(49)29-17-13-14-20-41(64)27-28-55(4,5)84-83-37-74-30-18-19-40-34-63(52-51(40)53(65)60-54(58)59-52)50-33-46(75-36-73-10)47(77-50)35-76-81(69,70)79-82(71,72)78-80(66,67)68;1-21(2,10-22)46-45-12-36-6-4-5-13-8-26(18-17(13)19(27)25-20(23)24-18)16-7-14(37-11-35-3)15(39-16)9-38-43(31,32)41-44(33,34)40-42(28,29)30;1-2-3/h12,15-16,21-26,31-32,34,46-47,50H,11,13-14,17,20,27-30,33,35-37H2,1-10H3,(H6-,58,59,60,65,66,67,68,69,70,71,72);8,14-16H,6-7,9-12,22H2,1-3H3,(H,31,32)(H,33,34)(H2,28,29,30)(H3,23,24,25,27);2-3H,1H3/p+1/t46-,47-,50-;14-,15-,16-;/m11./s1. The van der Waals surface area contributed by atoms with Gasteiger partial charge in [-0.1, -0.05) is 141 Å². The van der Waals surface area contributed by atoms with Crippen LogP contribution < -0.4 is 37.9 Å². The van der Waals surface area contributed by atoms with Gasteiger partial charge >= 0.3 is 46.9 Å². The van der Waals surface area contributed by atoms with E-state index in [9.17, 15) is 61.3 Å². The number of hydrogen-bond acceptors (Lipinski definition) is 35. The maximum absolute atomic E-state index is 13.2. The van der Waals surface area contributed by atoms with Gasteiger partial charge in [0.2, 0.25) is 17.6 Å². The molecule has 133 heavy (non-hydrogen) atoms. The zero-order valence-electron chi connectivity index (χ0n) is 75.6. The van der Waals surface area contributed by atoms with Gasteiger partial charge in [0.15, 0.2) is 17.0 Å². The summed E-state index contributed by atoms with van der Waals surface area (Å²) in [6, 6.07) is 13.5. The van der Waals surface area contributed by atoms with E-state index in [4.69, 9.17) is 83.7 Å². The normalized spacial score (nSPS) is 20.5. The van der Waals surface area contributed by atoms with Crippen LogP contribution in [0.4, 0.5) is 23.3 Å². The molecule has 2 aromatic carbocycles. The number of carbonyl (C=O) groups excluding carboxylic acids is 1. The first-order chi connectivity index (χ1) is 62.2. The molecule has 4 unspecified atom stereocenters. The molecule has 0 spiro atoms. The van der Waals surface area contributed by atoms with E-state index in [0.717, 1.165) is 32.4 Å². The zero-order valence-corrected chi connectivity index (χ0v) is 85.1. The van der Waals surface area contributed by atoms with Crippen molar-refractivity contribution in [2.24, 2.45) is 5.73 Å². The second-order valence-corrected chi connectivity index (χ2v) is 47.7. The van der Waals surface area contributed by atoms with Gasteiger partial charge in [0.25, 0.3) is 11.1 Å². The Balaban J connectivity index is 0.000000374. The van der Waals surface area contributed by atoms with E-state index < -0.39 is 108 Å². The Kier molecular flexibility index (Phi) is 42.1. The quantitative estimate of drug-likeness (QED) is 0.00247. The number of allylic oxidation sites excluding steroid dienone is 6. The number of unbranched alkanes of at least 4 members (excludes halogenated alkanes) is 2. The maximum Gasteiger partial charge on any atom is 0.490 e. The van der Waals surface area contributed by atoms with Crippen LogP contribution in [0.5, 0.6) is 0 Å². The lowest BCUT2D eigenvalue weighted by Crippen LogP contribution is -2.29. The van der Waals surface area contributed by atoms with Crippen LogP contribution in [0.25, 0.3) is 22.1 Å². The molecule has 4 aliphatic heterocycles. The third-order valence-corrected chi connectivity index (χ3v) is 34.1. The Morgan fingerprint density at radius 3 is 1.61 bits per heavy atom. The third kappa shape index (κ3) is 33.6. The van der Waals surface area contributed by atoms with E-state index in [0.29, 0.717) is 37.7 Å². The number of nitrogen functional groups attached to an aromatic ring is 2. The second kappa shape index (κ2) is 49.6. The number of H-pyrrole nitrogens is 2. The van der Waals surface area contributed by atoms with Gasteiger partial charge in [-0.15, -0.1) is 0 Å². The van der Waals surface area contributed by atoms with Crippen molar-refractivity contribution in [1.82, 2.24) is 33.8 Å². The van der Waals surface area contributed by atoms with Crippen molar-refractivity contribution in [3.8, 4) is 23.7 Å². The Hall–Kier alpha value is -5.47. The molecule has 0 bridgehead atoms. The summed E-state index contributed by atoms with van der Waals surface area (Å²) in [6.07, 6.45) is 12.5. The van der Waals surface area contributed by atoms with Gasteiger partial charge < -0.3 is 108 Å². The number of anilines is 3. The van der Waals surface area contributed by atoms with Crippen molar-refractivity contribution < 1.29 is 140 Å². The van der Waals surface area contributed by atoms with Gasteiger partial charge in [0, 0.05) is 116 Å². The van der Waals surface area contributed by atoms with Gasteiger partial charge in [-0.2, -0.15) is 31.8 Å². The topological polar surface area (TPSA) is 608 Å². The van der Waals surface area contributed by atoms with Crippen molar-refractivity contribution in [3.05, 3.63) is 139 Å². The Labute approximate surface area is 790 Å². The monoisotopic (exact) mass is 2080 g/mol. The molecule has 2 saturated heterocycles. The lowest BCUT2D eigenvalue weighted by Gasteiger charge is -2.25. The predicted octanol–water partition coefficient (Wildman–Crippen LogP) is 12.3. The van der Waals surface area contributed by atoms with Gasteiger partial charge in [-0.25, -0.2) is 27.4 Å². The number of phosphoric acid groups is 6. The van der Waals surface area contributed by atoms with Crippen molar-refractivity contribution in [3.63, 3.8) is 0 Å². The van der Waals surface area contributed by atoms with Gasteiger partial charge in [0.1, 0.15) is 75.7 Å². The van der Waals surface area contributed by atoms with Crippen LogP contribution in [-0.4, -0.2) is 211 Å². The van der Waals surface area contributed by atoms with Gasteiger partial charge in [-0.3, -0.25) is 38.1 Å². The number of likely N-dealkylation sites (N-methyl/N-ethyl adjacent to an activating group) is 1. The molecule has 17 N–H and O–H groups in total. The molecule has 54 heteroatoms. The van der Waals surface area contributed by atoms with Crippen LogP contribution in [0.3, 0.4) is 0 Å². The molecule has 8 heterocycles. The highest BCUT2D eigenvalue weighted by molar-refractivity contribution is 8.77. The first-order valence-corrected chi connectivity index (χ1v) is 55.2. The number of methoxy groups -OCH3 is 2. The van der Waals surface area contributed by atoms with Crippen LogP contribution in [0, 0.1) is 37.5 Å². The van der Waals surface area contributed by atoms with E-state index >= 15 is 0 Å². The molecule has 6 aromatic rings. The van der Waals surface area contributed by atoms with Crippen molar-refractivity contribution >= 4 is 160 Å². The smallest absolute Gasteiger partial charge is 0.369 e. The highest BCUT2D eigenvalue weighted by Crippen LogP contribution is 2.68. The molecule has 0 saturated carbocycles. The summed E-state index contributed by atoms with van der Waals surface area (Å²) < 4.78 is 147. The minimum Gasteiger partial charge on any atom is -0.369 e. The number of thiol groups is 1. The summed E-state index contributed by atoms with van der Waals surface area (Å²) in [6.45, 7) is 24.2. The van der Waals surface area contributed by atoms with E-state index in [1.54, 1.807) is 28.6 Å². The Morgan fingerprint density at radius 1 is 0.669 bits per heavy atom. The van der Waals surface area contributed by atoms with Crippen LogP contribution in [0.1, 0.15) is 160 Å². The SMILES string of the molecule is CCN1/C(=C/C=C/C=C/C2=[N+](CCCCCC(=O)CCC(C)(C)SSCOCC#Cc3cn([C@H]4C[C@@H](OCOC)[C@@H](COP(=O)(O)OP(=O)(O)OP(=O)(O)O)O4)c4nc(N)[nH]c(=O)c34)c3ccc(C)cc3C2(C)C)C(C)(C)c2cc(C)ccc21.CNS.COCO[C@@H]1C[C@H](n2cc(C#CCOCSSC(C)(C)CN)c3c(=O)[nH]c(N)nc32)O[C@@H]1COP(=O)(O)OP(=O)(O)OP(=O)(O)O. The van der Waals surface area contributed by atoms with E-state index in [2.05, 4.69) is 217 Å². The summed E-state index contributed by atoms with van der Waals surface area (Å²) in [5.74, 6) is 12.1. The Bertz CT molecular complexity index is 5760. The summed E-state index contributed by atoms with van der Waals surface area (Å²) in [7, 11) is -23.0. The summed E-state index contributed by atoms with van der Waals surface area (Å²) in [5, 5.41) is 0.189. The largest absolute Gasteiger partial charge is 0.490 e. The molecule has 10 rings (SSSR count). The molecule has 0 aliphatic carbocycles. The number of rotatable bonds is 46. The zero-order chi connectivity index (χ0) is 98.5. The van der Waals surface area contributed by atoms with Crippen LogP contribution in [0.2, 0.25) is 0 Å². The average Bonchev–Trinajstić information content (AvgIpc) is 1.60. The Morgan fingerprint density at radius 2 is 1.14 bits per heavy atom. The maximum atomic E-state index is 13.2. The van der Waals surface area contributed by atoms with Crippen molar-refractivity contribution in [2.45, 2.75) is 185 Å². The molecule has 2 fully saturated rings. The number of nitrogens with zero attached hydrogens (tertiary/aromatic N) is 6. The minimum atomic E-state index is -5.77. The number of nitrogens with one attached hydrogen (secondary N) is 3. The third-order valence-electron chi connectivity index (χ3n) is 20.4. The molecule has 0 amide bonds. The number of hydrogen-bond donors (Lipinski definition) is 15. The number of benzene rings is 2. The predicted molar refractivity (Wildman–Crippen MR) is 511 cm³/mol. The molecular weight excluding hydrogens is 1960 g/mol. The summed E-state index contributed by atoms with van der Waals surface area (Å²) in [5.41, 5.74) is 27.0. The molecule has 4 aromatic heterocycles. The highest BCUT2D eigenvalue weighted by Gasteiger charge is 2.49. The first kappa shape index (κ1) is 113. The van der Waals surface area contributed by atoms with Crippen LogP contribution >= 0.6 is 103 Å². The molecule has 43 nitrogen and oxygen atoms in total. The fourth-order valence-corrected chi connectivity index (χ4v) is 24.8. The lowest BCUT2D eigenvalue weighted by molar-refractivity contribution is -0.438. The average molecular weight is 2080 g/mol. The van der Waals surface area contributed by atoms with Crippen LogP contribution in [0.15, 0.2) is 94.5 Å². The second-order valence-electron chi connectivity index (χ2n) is 32.5. The van der Waals surface area contributed by atoms with E-state index in [1.165, 1.54) is 102 Å². The molecule has 738 valence electrons. The van der Waals surface area contributed by atoms with E-state index in [-0.39, 0.29) is 111 Å². The lowest BCUT2D eigenvalue weighted by atomic mass is 9.81. The number of ether oxygens (including phenoxy) is 8. The van der Waals surface area contributed by atoms with Crippen molar-refractivity contribution in [1.29, 1.82) is 0 Å². The fourth-order valence-electron chi connectivity index (χ4n) is 14.4. The number of fused-ring (bicyclic) bond motifs is 4. The molecule has 10 atom stereocenters. The molecule has 0 radical (unpaired) electrons. The number of nitrogens with two attached hydrogens (primary N) is 3. The number of aryl methyl sites for hydroxylation is 2. The number of ketones is 1. The molecule has 4 aliphatic rings. The van der Waals surface area contributed by atoms with Gasteiger partial charge in [-0.05, 0) is 112 Å². The van der Waals surface area contributed by atoms with Crippen molar-refractivity contribution in [2.75, 3.05) is 109 Å². The first-order valence-electron chi connectivity index (χ1n) is 41.1. The van der Waals surface area contributed by atoms with Gasteiger partial charge in [0.05, 0.1) is 52.7 Å². The number of Topliss-reactive ketones (excluding diaryl/α,β-unsaturated/α-hetero) is 1. The summed E-state index contributed by atoms with van der Waals surface area (Å²) in [4.78, 5) is 129. The number of aromatic nitrogens is 6. The van der Waals surface area contributed by atoms with E-state index in [1.807, 2.05) is 13.8 Å². The number of phosphoric ester groups is 2. The fraction of sp³-hybridized carbons (Fsp3) is 0.544. The number of carbonyl (C=O) groups is 1. The highest BCUT2D eigenvalue weighted by atomic mass is 33.1. The molecular formula is C79H117N12O31P6S5+. The number of aromatic amines is 2.